The monoisotopic (exact) mass is 344 g/mol. The van der Waals surface area contributed by atoms with Crippen molar-refractivity contribution < 1.29 is 14.3 Å². The standard InChI is InChI=1S/C20H28N2O3/c1-13-4-3-5-14(2)17(13)12-18(23)22-9-6-15(7-10-22)19-16(20(21)24)8-11-25-19/h3-5,15-16,19H,6-12H2,1-2H3,(H2,21,24)/t16-,19+/m0/s1. The van der Waals surface area contributed by atoms with Crippen molar-refractivity contribution in [3.8, 4) is 0 Å². The summed E-state index contributed by atoms with van der Waals surface area (Å²) in [7, 11) is 0. The summed E-state index contributed by atoms with van der Waals surface area (Å²) in [5.41, 5.74) is 8.99. The predicted octanol–water partition coefficient (Wildman–Crippen LogP) is 1.97. The Balaban J connectivity index is 1.57. The average Bonchev–Trinajstić information content (AvgIpc) is 3.08. The second-order valence-corrected chi connectivity index (χ2v) is 7.40. The molecule has 0 spiro atoms. The third-order valence-corrected chi connectivity index (χ3v) is 5.83. The van der Waals surface area contributed by atoms with E-state index in [1.165, 1.54) is 11.1 Å². The SMILES string of the molecule is Cc1cccc(C)c1CC(=O)N1CCC([C@H]2OCC[C@@H]2C(N)=O)CC1. The van der Waals surface area contributed by atoms with E-state index in [9.17, 15) is 9.59 Å². The Bertz CT molecular complexity index is 630. The molecule has 5 heteroatoms. The minimum absolute atomic E-state index is 0.0617. The van der Waals surface area contributed by atoms with E-state index in [4.69, 9.17) is 10.5 Å². The Morgan fingerprint density at radius 3 is 2.40 bits per heavy atom. The van der Waals surface area contributed by atoms with Gasteiger partial charge in [-0.3, -0.25) is 9.59 Å². The Labute approximate surface area is 149 Å². The van der Waals surface area contributed by atoms with E-state index >= 15 is 0 Å². The van der Waals surface area contributed by atoms with Gasteiger partial charge in [-0.15, -0.1) is 0 Å². The fourth-order valence-corrected chi connectivity index (χ4v) is 4.25. The van der Waals surface area contributed by atoms with Gasteiger partial charge in [0.15, 0.2) is 0 Å². The molecule has 0 saturated carbocycles. The highest BCUT2D eigenvalue weighted by molar-refractivity contribution is 5.80. The number of nitrogens with zero attached hydrogens (tertiary/aromatic N) is 1. The molecule has 2 fully saturated rings. The van der Waals surface area contributed by atoms with E-state index in [1.54, 1.807) is 0 Å². The van der Waals surface area contributed by atoms with Gasteiger partial charge in [-0.2, -0.15) is 0 Å². The highest BCUT2D eigenvalue weighted by Gasteiger charge is 2.39. The van der Waals surface area contributed by atoms with Crippen molar-refractivity contribution in [1.82, 2.24) is 4.90 Å². The number of carbonyl (C=O) groups is 2. The number of hydrogen-bond acceptors (Lipinski definition) is 3. The van der Waals surface area contributed by atoms with Crippen LogP contribution >= 0.6 is 0 Å². The van der Waals surface area contributed by atoms with Gasteiger partial charge in [0.2, 0.25) is 11.8 Å². The van der Waals surface area contributed by atoms with E-state index in [0.717, 1.165) is 37.9 Å². The molecule has 0 radical (unpaired) electrons. The van der Waals surface area contributed by atoms with Gasteiger partial charge in [0.1, 0.15) is 0 Å². The fraction of sp³-hybridized carbons (Fsp3) is 0.600. The zero-order valence-electron chi connectivity index (χ0n) is 15.2. The van der Waals surface area contributed by atoms with Gasteiger partial charge in [0.25, 0.3) is 0 Å². The zero-order chi connectivity index (χ0) is 18.0. The minimum atomic E-state index is -0.254. The first kappa shape index (κ1) is 17.9. The maximum Gasteiger partial charge on any atom is 0.227 e. The normalized spacial score (nSPS) is 24.5. The molecule has 2 aliphatic rings. The van der Waals surface area contributed by atoms with Crippen LogP contribution in [0.3, 0.4) is 0 Å². The molecule has 2 N–H and O–H groups in total. The van der Waals surface area contributed by atoms with Crippen molar-refractivity contribution in [1.29, 1.82) is 0 Å². The molecule has 136 valence electrons. The molecule has 2 saturated heterocycles. The molecule has 5 nitrogen and oxygen atoms in total. The largest absolute Gasteiger partial charge is 0.377 e. The van der Waals surface area contributed by atoms with Crippen molar-refractivity contribution in [2.45, 2.75) is 45.6 Å². The number of primary amides is 1. The maximum absolute atomic E-state index is 12.7. The van der Waals surface area contributed by atoms with Gasteiger partial charge in [-0.25, -0.2) is 0 Å². The molecule has 2 amide bonds. The molecule has 3 rings (SSSR count). The summed E-state index contributed by atoms with van der Waals surface area (Å²) in [6, 6.07) is 6.15. The number of benzene rings is 1. The van der Waals surface area contributed by atoms with Crippen LogP contribution in [0.2, 0.25) is 0 Å². The molecular formula is C20H28N2O3. The molecule has 0 aromatic heterocycles. The van der Waals surface area contributed by atoms with E-state index in [0.29, 0.717) is 18.9 Å². The molecule has 0 bridgehead atoms. The summed E-state index contributed by atoms with van der Waals surface area (Å²) in [6.45, 7) is 6.20. The van der Waals surface area contributed by atoms with Crippen LogP contribution in [0.25, 0.3) is 0 Å². The summed E-state index contributed by atoms with van der Waals surface area (Å²) in [6.07, 6.45) is 2.90. The van der Waals surface area contributed by atoms with Gasteiger partial charge < -0.3 is 15.4 Å². The van der Waals surface area contributed by atoms with Crippen molar-refractivity contribution in [3.63, 3.8) is 0 Å². The van der Waals surface area contributed by atoms with Crippen molar-refractivity contribution in [2.75, 3.05) is 19.7 Å². The number of piperidine rings is 1. The lowest BCUT2D eigenvalue weighted by Gasteiger charge is -2.36. The Hall–Kier alpha value is -1.88. The van der Waals surface area contributed by atoms with Crippen LogP contribution < -0.4 is 5.73 Å². The van der Waals surface area contributed by atoms with Gasteiger partial charge in [0.05, 0.1) is 18.4 Å². The third kappa shape index (κ3) is 3.87. The zero-order valence-corrected chi connectivity index (χ0v) is 15.2. The topological polar surface area (TPSA) is 72.6 Å². The van der Waals surface area contributed by atoms with Crippen LogP contribution in [0.1, 0.15) is 36.0 Å². The van der Waals surface area contributed by atoms with Gasteiger partial charge in [-0.1, -0.05) is 18.2 Å². The molecule has 25 heavy (non-hydrogen) atoms. The van der Waals surface area contributed by atoms with E-state index in [-0.39, 0.29) is 23.8 Å². The molecular weight excluding hydrogens is 316 g/mol. The molecule has 2 atom stereocenters. The number of nitrogens with two attached hydrogens (primary N) is 1. The summed E-state index contributed by atoms with van der Waals surface area (Å²) in [4.78, 5) is 26.2. The predicted molar refractivity (Wildman–Crippen MR) is 96.0 cm³/mol. The number of hydrogen-bond donors (Lipinski definition) is 1. The van der Waals surface area contributed by atoms with Crippen LogP contribution in [0.4, 0.5) is 0 Å². The highest BCUT2D eigenvalue weighted by atomic mass is 16.5. The average molecular weight is 344 g/mol. The molecule has 2 aliphatic heterocycles. The number of rotatable bonds is 4. The van der Waals surface area contributed by atoms with Crippen LogP contribution in [-0.2, 0) is 20.7 Å². The van der Waals surface area contributed by atoms with Gasteiger partial charge in [-0.05, 0) is 55.7 Å². The Kier molecular flexibility index (Phi) is 5.42. The van der Waals surface area contributed by atoms with Crippen LogP contribution in [-0.4, -0.2) is 42.5 Å². The van der Waals surface area contributed by atoms with E-state index in [1.807, 2.05) is 11.0 Å². The molecule has 0 aliphatic carbocycles. The summed E-state index contributed by atoms with van der Waals surface area (Å²) in [5, 5.41) is 0. The number of amides is 2. The van der Waals surface area contributed by atoms with E-state index < -0.39 is 0 Å². The second kappa shape index (κ2) is 7.56. The first-order valence-electron chi connectivity index (χ1n) is 9.21. The van der Waals surface area contributed by atoms with E-state index in [2.05, 4.69) is 26.0 Å². The summed E-state index contributed by atoms with van der Waals surface area (Å²) in [5.74, 6) is 0.0943. The van der Waals surface area contributed by atoms with Crippen LogP contribution in [0.15, 0.2) is 18.2 Å². The summed E-state index contributed by atoms with van der Waals surface area (Å²) < 4.78 is 5.78. The van der Waals surface area contributed by atoms with Gasteiger partial charge in [0, 0.05) is 19.7 Å². The van der Waals surface area contributed by atoms with Crippen molar-refractivity contribution >= 4 is 11.8 Å². The lowest BCUT2D eigenvalue weighted by Crippen LogP contribution is -2.44. The van der Waals surface area contributed by atoms with Gasteiger partial charge >= 0.3 is 0 Å². The first-order valence-corrected chi connectivity index (χ1v) is 9.21. The summed E-state index contributed by atoms with van der Waals surface area (Å²) >= 11 is 0. The number of aryl methyl sites for hydroxylation is 2. The quantitative estimate of drug-likeness (QED) is 0.908. The maximum atomic E-state index is 12.7. The number of carbonyl (C=O) groups excluding carboxylic acids is 2. The Morgan fingerprint density at radius 1 is 1.16 bits per heavy atom. The van der Waals surface area contributed by atoms with Crippen molar-refractivity contribution in [2.24, 2.45) is 17.6 Å². The van der Waals surface area contributed by atoms with Crippen LogP contribution in [0.5, 0.6) is 0 Å². The lowest BCUT2D eigenvalue weighted by molar-refractivity contribution is -0.133. The highest BCUT2D eigenvalue weighted by Crippen LogP contribution is 2.33. The smallest absolute Gasteiger partial charge is 0.227 e. The molecule has 1 aromatic rings. The minimum Gasteiger partial charge on any atom is -0.377 e. The number of likely N-dealkylation sites (tertiary alicyclic amines) is 1. The van der Waals surface area contributed by atoms with Crippen LogP contribution in [0, 0.1) is 25.7 Å². The fourth-order valence-electron chi connectivity index (χ4n) is 4.25. The molecule has 0 unspecified atom stereocenters. The third-order valence-electron chi connectivity index (χ3n) is 5.83. The Morgan fingerprint density at radius 2 is 1.80 bits per heavy atom. The number of ether oxygens (including phenoxy) is 1. The second-order valence-electron chi connectivity index (χ2n) is 7.40. The molecule has 1 aromatic carbocycles. The molecule has 2 heterocycles. The lowest BCUT2D eigenvalue weighted by atomic mass is 9.84. The first-order chi connectivity index (χ1) is 12.0. The van der Waals surface area contributed by atoms with Crippen molar-refractivity contribution in [3.05, 3.63) is 34.9 Å².